The van der Waals surface area contributed by atoms with Gasteiger partial charge in [0.1, 0.15) is 0 Å². The molecule has 0 aliphatic carbocycles. The normalized spacial score (nSPS) is 11.7. The summed E-state index contributed by atoms with van der Waals surface area (Å²) in [4.78, 5) is 16.5. The zero-order chi connectivity index (χ0) is 39.6. The molecule has 5 heteroatoms. The molecule has 0 aliphatic rings. The number of hydrogen-bond acceptors (Lipinski definition) is 5. The lowest BCUT2D eigenvalue weighted by Gasteiger charge is -2.20. The molecule has 0 unspecified atom stereocenters. The molecule has 0 fully saturated rings. The highest BCUT2D eigenvalue weighted by Crippen LogP contribution is 2.46. The van der Waals surface area contributed by atoms with Crippen molar-refractivity contribution in [3.05, 3.63) is 200 Å². The van der Waals surface area contributed by atoms with E-state index in [9.17, 15) is 0 Å². The van der Waals surface area contributed by atoms with Gasteiger partial charge in [0.15, 0.2) is 17.5 Å². The van der Waals surface area contributed by atoms with Crippen molar-refractivity contribution in [2.75, 3.05) is 0 Å². The molecule has 0 bridgehead atoms. The van der Waals surface area contributed by atoms with Gasteiger partial charge < -0.3 is 0 Å². The zero-order valence-electron chi connectivity index (χ0n) is 32.2. The summed E-state index contributed by atoms with van der Waals surface area (Å²) in [5, 5.41) is 7.28. The van der Waals surface area contributed by atoms with Crippen LogP contribution in [0.2, 0.25) is 0 Å². The summed E-state index contributed by atoms with van der Waals surface area (Å²) in [6, 6.07) is 71.6. The molecule has 0 amide bonds. The minimum atomic E-state index is 0.629. The van der Waals surface area contributed by atoms with Crippen molar-refractivity contribution in [3.8, 4) is 67.5 Å². The van der Waals surface area contributed by atoms with E-state index in [0.29, 0.717) is 17.5 Å². The predicted molar refractivity (Wildman–Crippen MR) is 256 cm³/mol. The summed E-state index contributed by atoms with van der Waals surface area (Å²) in [7, 11) is 0. The fourth-order valence-corrected chi connectivity index (χ4v) is 11.2. The summed E-state index contributed by atoms with van der Waals surface area (Å²) in [5.74, 6) is 1.94. The molecular weight excluding hydrogens is 767 g/mol. The first-order valence-corrected chi connectivity index (χ1v) is 21.7. The Morgan fingerprint density at radius 1 is 0.283 bits per heavy atom. The van der Waals surface area contributed by atoms with E-state index in [-0.39, 0.29) is 0 Å². The fraction of sp³-hybridized carbons (Fsp3) is 0. The molecule has 3 nitrogen and oxygen atoms in total. The maximum Gasteiger partial charge on any atom is 0.165 e. The van der Waals surface area contributed by atoms with E-state index in [1.165, 1.54) is 51.1 Å². The molecule has 12 rings (SSSR count). The van der Waals surface area contributed by atoms with Crippen LogP contribution in [0.25, 0.3) is 119 Å². The highest BCUT2D eigenvalue weighted by molar-refractivity contribution is 7.26. The molecule has 12 aromatic rings. The molecule has 0 atom stereocenters. The zero-order valence-corrected chi connectivity index (χ0v) is 33.8. The summed E-state index contributed by atoms with van der Waals surface area (Å²) in [6.45, 7) is 0. The molecule has 0 saturated carbocycles. The summed E-state index contributed by atoms with van der Waals surface area (Å²) in [5.41, 5.74) is 9.61. The lowest BCUT2D eigenvalue weighted by atomic mass is 9.85. The van der Waals surface area contributed by atoms with Crippen LogP contribution in [0.3, 0.4) is 0 Å². The molecule has 3 aromatic heterocycles. The Kier molecular flexibility index (Phi) is 8.22. The lowest BCUT2D eigenvalue weighted by Crippen LogP contribution is -2.02. The summed E-state index contributed by atoms with van der Waals surface area (Å²) in [6.07, 6.45) is 0. The fourth-order valence-electron chi connectivity index (χ4n) is 8.79. The number of fused-ring (bicyclic) bond motifs is 7. The number of benzene rings is 9. The molecule has 60 heavy (non-hydrogen) atoms. The van der Waals surface area contributed by atoms with E-state index in [1.807, 2.05) is 0 Å². The van der Waals surface area contributed by atoms with Gasteiger partial charge in [0.05, 0.1) is 0 Å². The van der Waals surface area contributed by atoms with E-state index in [1.54, 1.807) is 22.7 Å². The van der Waals surface area contributed by atoms with Crippen LogP contribution in [0.4, 0.5) is 0 Å². The third kappa shape index (κ3) is 5.74. The smallest absolute Gasteiger partial charge is 0.165 e. The van der Waals surface area contributed by atoms with Crippen molar-refractivity contribution < 1.29 is 0 Å². The first-order valence-electron chi connectivity index (χ1n) is 20.1. The molecule has 3 heterocycles. The van der Waals surface area contributed by atoms with Crippen molar-refractivity contribution >= 4 is 73.8 Å². The highest BCUT2D eigenvalue weighted by atomic mass is 32.1. The van der Waals surface area contributed by atoms with E-state index in [2.05, 4.69) is 200 Å². The molecule has 0 radical (unpaired) electrons. The Hall–Kier alpha value is -7.31. The number of hydrogen-bond donors (Lipinski definition) is 0. The van der Waals surface area contributed by atoms with Crippen molar-refractivity contribution in [2.45, 2.75) is 0 Å². The number of nitrogens with zero attached hydrogens (tertiary/aromatic N) is 3. The first kappa shape index (κ1) is 34.7. The molecular formula is C55H33N3S2. The van der Waals surface area contributed by atoms with Gasteiger partial charge in [-0.2, -0.15) is 0 Å². The SMILES string of the molecule is c1ccc(-c2cc(-c3nc(-c4cccc5c4sc4ccccc45)nc(-c4cccc5c4sc4ccccc45)n3)c(-c3ccccc3)c(-c3cccc4ccccc34)c2)cc1. The molecule has 9 aromatic carbocycles. The minimum Gasteiger partial charge on any atom is -0.208 e. The van der Waals surface area contributed by atoms with Crippen molar-refractivity contribution in [3.63, 3.8) is 0 Å². The van der Waals surface area contributed by atoms with Crippen LogP contribution in [0.1, 0.15) is 0 Å². The average Bonchev–Trinajstić information content (AvgIpc) is 3.90. The van der Waals surface area contributed by atoms with Gasteiger partial charge in [-0.05, 0) is 75.0 Å². The van der Waals surface area contributed by atoms with Crippen LogP contribution in [0.5, 0.6) is 0 Å². The van der Waals surface area contributed by atoms with E-state index < -0.39 is 0 Å². The van der Waals surface area contributed by atoms with Crippen molar-refractivity contribution in [2.24, 2.45) is 0 Å². The van der Waals surface area contributed by atoms with Gasteiger partial charge in [-0.15, -0.1) is 22.7 Å². The van der Waals surface area contributed by atoms with E-state index >= 15 is 0 Å². The van der Waals surface area contributed by atoms with Crippen molar-refractivity contribution in [1.82, 2.24) is 15.0 Å². The quantitative estimate of drug-likeness (QED) is 0.168. The number of rotatable bonds is 6. The Balaban J connectivity index is 1.21. The Bertz CT molecular complexity index is 3470. The maximum atomic E-state index is 5.55. The molecule has 280 valence electrons. The molecule has 0 N–H and O–H groups in total. The van der Waals surface area contributed by atoms with Crippen LogP contribution >= 0.6 is 22.7 Å². The Morgan fingerprint density at radius 3 is 1.33 bits per heavy atom. The lowest BCUT2D eigenvalue weighted by molar-refractivity contribution is 1.08. The number of aromatic nitrogens is 3. The first-order chi connectivity index (χ1) is 29.7. The van der Waals surface area contributed by atoms with Crippen molar-refractivity contribution in [1.29, 1.82) is 0 Å². The van der Waals surface area contributed by atoms with Crippen LogP contribution < -0.4 is 0 Å². The second kappa shape index (κ2) is 14.2. The van der Waals surface area contributed by atoms with Gasteiger partial charge in [0, 0.05) is 62.6 Å². The van der Waals surface area contributed by atoms with Gasteiger partial charge in [0.2, 0.25) is 0 Å². The molecule has 0 saturated heterocycles. The van der Waals surface area contributed by atoms with Crippen LogP contribution in [-0.4, -0.2) is 15.0 Å². The second-order valence-electron chi connectivity index (χ2n) is 15.1. The van der Waals surface area contributed by atoms with Gasteiger partial charge in [0.25, 0.3) is 0 Å². The standard InChI is InChI=1S/C55H33N3S2/c1-3-16-34(17-4-1)37-32-46(39-25-13-21-35-18-7-8-22-38(35)39)50(36-19-5-2-6-20-36)47(33-37)55-57-53(44-28-14-26-42-40-23-9-11-30-48(40)59-51(42)44)56-54(58-55)45-29-15-27-43-41-24-10-12-31-49(41)60-52(43)45/h1-33H. The van der Waals surface area contributed by atoms with Gasteiger partial charge in [-0.1, -0.05) is 164 Å². The largest absolute Gasteiger partial charge is 0.208 e. The predicted octanol–water partition coefficient (Wildman–Crippen LogP) is 15.8. The minimum absolute atomic E-state index is 0.629. The van der Waals surface area contributed by atoms with Crippen LogP contribution in [0, 0.1) is 0 Å². The van der Waals surface area contributed by atoms with Crippen LogP contribution in [0.15, 0.2) is 200 Å². The van der Waals surface area contributed by atoms with Gasteiger partial charge in [-0.3, -0.25) is 0 Å². The third-order valence-electron chi connectivity index (χ3n) is 11.6. The van der Waals surface area contributed by atoms with E-state index in [0.717, 1.165) is 50.1 Å². The Morgan fingerprint density at radius 2 is 0.717 bits per heavy atom. The highest BCUT2D eigenvalue weighted by Gasteiger charge is 2.24. The maximum absolute atomic E-state index is 5.55. The van der Waals surface area contributed by atoms with Gasteiger partial charge in [-0.25, -0.2) is 15.0 Å². The number of thiophene rings is 2. The topological polar surface area (TPSA) is 38.7 Å². The van der Waals surface area contributed by atoms with Gasteiger partial charge >= 0.3 is 0 Å². The second-order valence-corrected chi connectivity index (χ2v) is 17.2. The molecule has 0 aliphatic heterocycles. The molecule has 0 spiro atoms. The third-order valence-corrected chi connectivity index (χ3v) is 14.0. The Labute approximate surface area is 354 Å². The summed E-state index contributed by atoms with van der Waals surface area (Å²) >= 11 is 3.59. The monoisotopic (exact) mass is 799 g/mol. The van der Waals surface area contributed by atoms with E-state index in [4.69, 9.17) is 15.0 Å². The average molecular weight is 800 g/mol. The van der Waals surface area contributed by atoms with Crippen LogP contribution in [-0.2, 0) is 0 Å². The summed E-state index contributed by atoms with van der Waals surface area (Å²) < 4.78 is 4.82.